The van der Waals surface area contributed by atoms with Gasteiger partial charge in [0.05, 0.1) is 13.0 Å². The predicted molar refractivity (Wildman–Crippen MR) is 98.1 cm³/mol. The van der Waals surface area contributed by atoms with E-state index in [1.807, 2.05) is 74.5 Å². The lowest BCUT2D eigenvalue weighted by Crippen LogP contribution is -2.47. The third-order valence-electron chi connectivity index (χ3n) is 4.49. The minimum absolute atomic E-state index is 0.0106. The number of carbonyl (C=O) groups excluding carboxylic acids is 2. The topological polar surface area (TPSA) is 55.4 Å². The molecule has 0 spiro atoms. The zero-order valence-electron chi connectivity index (χ0n) is 14.9. The van der Waals surface area contributed by atoms with Crippen molar-refractivity contribution in [2.75, 3.05) is 7.11 Å². The highest BCUT2D eigenvalue weighted by atomic mass is 16.5. The van der Waals surface area contributed by atoms with E-state index in [1.54, 1.807) is 0 Å². The van der Waals surface area contributed by atoms with Crippen molar-refractivity contribution in [1.82, 2.24) is 5.32 Å². The second kappa shape index (κ2) is 9.02. The van der Waals surface area contributed by atoms with Gasteiger partial charge in [0, 0.05) is 0 Å². The van der Waals surface area contributed by atoms with Crippen LogP contribution in [0.5, 0.6) is 0 Å². The fraction of sp³-hybridized carbons (Fsp3) is 0.333. The molecule has 132 valence electrons. The van der Waals surface area contributed by atoms with Gasteiger partial charge in [0.15, 0.2) is 0 Å². The number of ether oxygens (including phenoxy) is 1. The van der Waals surface area contributed by atoms with Crippen LogP contribution in [0.2, 0.25) is 0 Å². The zero-order chi connectivity index (χ0) is 18.2. The molecule has 0 fully saturated rings. The average Bonchev–Trinajstić information content (AvgIpc) is 2.66. The first-order valence-corrected chi connectivity index (χ1v) is 8.56. The van der Waals surface area contributed by atoms with E-state index in [4.69, 9.17) is 4.74 Å². The first-order chi connectivity index (χ1) is 12.1. The summed E-state index contributed by atoms with van der Waals surface area (Å²) in [6, 6.07) is 18.5. The Bertz CT molecular complexity index is 645. The van der Waals surface area contributed by atoms with Gasteiger partial charge in [-0.3, -0.25) is 4.79 Å². The van der Waals surface area contributed by atoms with E-state index in [2.05, 4.69) is 5.32 Å². The predicted octanol–water partition coefficient (Wildman–Crippen LogP) is 3.52. The molecule has 0 bridgehead atoms. The molecule has 2 atom stereocenters. The highest BCUT2D eigenvalue weighted by Gasteiger charge is 2.31. The van der Waals surface area contributed by atoms with Gasteiger partial charge in [0.25, 0.3) is 0 Å². The van der Waals surface area contributed by atoms with E-state index in [-0.39, 0.29) is 11.8 Å². The summed E-state index contributed by atoms with van der Waals surface area (Å²) in [6.07, 6.45) is 0.765. The van der Waals surface area contributed by atoms with Crippen molar-refractivity contribution in [1.29, 1.82) is 0 Å². The van der Waals surface area contributed by atoms with Crippen LogP contribution in [0.15, 0.2) is 60.7 Å². The zero-order valence-corrected chi connectivity index (χ0v) is 14.9. The Kier molecular flexibility index (Phi) is 6.75. The fourth-order valence-corrected chi connectivity index (χ4v) is 2.82. The van der Waals surface area contributed by atoms with E-state index in [9.17, 15) is 9.59 Å². The minimum Gasteiger partial charge on any atom is -0.467 e. The first kappa shape index (κ1) is 18.7. The molecule has 0 aromatic heterocycles. The Morgan fingerprint density at radius 3 is 1.84 bits per heavy atom. The van der Waals surface area contributed by atoms with Crippen molar-refractivity contribution in [2.45, 2.75) is 32.2 Å². The Balaban J connectivity index is 2.34. The smallest absolute Gasteiger partial charge is 0.328 e. The molecule has 4 heteroatoms. The molecular formula is C21H25NO3. The molecule has 0 heterocycles. The van der Waals surface area contributed by atoms with Gasteiger partial charge in [0.2, 0.25) is 5.91 Å². The van der Waals surface area contributed by atoms with Crippen LogP contribution in [0.1, 0.15) is 37.3 Å². The van der Waals surface area contributed by atoms with E-state index >= 15 is 0 Å². The number of amides is 1. The second-order valence-electron chi connectivity index (χ2n) is 6.15. The summed E-state index contributed by atoms with van der Waals surface area (Å²) in [5.41, 5.74) is 1.78. The first-order valence-electron chi connectivity index (χ1n) is 8.56. The summed E-state index contributed by atoms with van der Waals surface area (Å²) < 4.78 is 4.87. The van der Waals surface area contributed by atoms with Crippen molar-refractivity contribution in [3.05, 3.63) is 71.8 Å². The van der Waals surface area contributed by atoms with Gasteiger partial charge in [-0.25, -0.2) is 4.79 Å². The van der Waals surface area contributed by atoms with Gasteiger partial charge in [0.1, 0.15) is 6.04 Å². The van der Waals surface area contributed by atoms with E-state index < -0.39 is 17.9 Å². The largest absolute Gasteiger partial charge is 0.467 e. The van der Waals surface area contributed by atoms with Gasteiger partial charge >= 0.3 is 5.97 Å². The summed E-state index contributed by atoms with van der Waals surface area (Å²) >= 11 is 0. The summed E-state index contributed by atoms with van der Waals surface area (Å²) in [4.78, 5) is 25.2. The molecule has 1 amide bonds. The molecule has 0 aliphatic rings. The van der Waals surface area contributed by atoms with Gasteiger partial charge in [-0.2, -0.15) is 0 Å². The summed E-state index contributed by atoms with van der Waals surface area (Å²) in [6.45, 7) is 3.92. The summed E-state index contributed by atoms with van der Waals surface area (Å²) in [5.74, 6) is -1.10. The van der Waals surface area contributed by atoms with Crippen LogP contribution in [0, 0.1) is 5.92 Å². The molecule has 0 saturated carbocycles. The molecule has 4 nitrogen and oxygen atoms in total. The number of rotatable bonds is 7. The standard InChI is InChI=1S/C21H25NO3/c1-4-15(2)19(21(24)25-3)22-20(23)18(16-11-7-5-8-12-16)17-13-9-6-10-14-17/h5-15,18-19H,4H2,1-3H3,(H,22,23)/t15-,19-/m1/s1. The highest BCUT2D eigenvalue weighted by molar-refractivity contribution is 5.91. The molecule has 0 aliphatic heterocycles. The number of nitrogens with one attached hydrogen (secondary N) is 1. The number of benzene rings is 2. The van der Waals surface area contributed by atoms with Crippen LogP contribution in [0.3, 0.4) is 0 Å². The Hall–Kier alpha value is -2.62. The molecule has 25 heavy (non-hydrogen) atoms. The van der Waals surface area contributed by atoms with Crippen LogP contribution in [-0.2, 0) is 14.3 Å². The fourth-order valence-electron chi connectivity index (χ4n) is 2.82. The monoisotopic (exact) mass is 339 g/mol. The van der Waals surface area contributed by atoms with E-state index in [0.717, 1.165) is 17.5 Å². The third-order valence-corrected chi connectivity index (χ3v) is 4.49. The maximum atomic E-state index is 13.1. The van der Waals surface area contributed by atoms with Gasteiger partial charge in [-0.05, 0) is 17.0 Å². The van der Waals surface area contributed by atoms with Crippen LogP contribution in [0.4, 0.5) is 0 Å². The quantitative estimate of drug-likeness (QED) is 0.785. The lowest BCUT2D eigenvalue weighted by molar-refractivity contribution is -0.146. The molecule has 1 N–H and O–H groups in total. The highest BCUT2D eigenvalue weighted by Crippen LogP contribution is 2.25. The number of hydrogen-bond donors (Lipinski definition) is 1. The van der Waals surface area contributed by atoms with Gasteiger partial charge in [-0.15, -0.1) is 0 Å². The number of esters is 1. The summed E-state index contributed by atoms with van der Waals surface area (Å²) in [7, 11) is 1.34. The average molecular weight is 339 g/mol. The van der Waals surface area contributed by atoms with Crippen LogP contribution in [0.25, 0.3) is 0 Å². The van der Waals surface area contributed by atoms with Gasteiger partial charge in [-0.1, -0.05) is 80.9 Å². The van der Waals surface area contributed by atoms with Crippen molar-refractivity contribution < 1.29 is 14.3 Å². The molecule has 2 rings (SSSR count). The molecule has 2 aromatic carbocycles. The molecule has 0 unspecified atom stereocenters. The van der Waals surface area contributed by atoms with E-state index in [1.165, 1.54) is 7.11 Å². The Morgan fingerprint density at radius 1 is 0.960 bits per heavy atom. The maximum absolute atomic E-state index is 13.1. The van der Waals surface area contributed by atoms with E-state index in [0.29, 0.717) is 0 Å². The van der Waals surface area contributed by atoms with Gasteiger partial charge < -0.3 is 10.1 Å². The van der Waals surface area contributed by atoms with Crippen molar-refractivity contribution in [3.63, 3.8) is 0 Å². The van der Waals surface area contributed by atoms with Crippen LogP contribution in [-0.4, -0.2) is 25.0 Å². The van der Waals surface area contributed by atoms with Crippen LogP contribution >= 0.6 is 0 Å². The van der Waals surface area contributed by atoms with Crippen molar-refractivity contribution >= 4 is 11.9 Å². The number of hydrogen-bond acceptors (Lipinski definition) is 3. The Labute approximate surface area is 149 Å². The molecular weight excluding hydrogens is 314 g/mol. The SMILES string of the molecule is CC[C@@H](C)[C@@H](NC(=O)C(c1ccccc1)c1ccccc1)C(=O)OC. The summed E-state index contributed by atoms with van der Waals surface area (Å²) in [5, 5.41) is 2.90. The molecule has 0 aliphatic carbocycles. The molecule has 2 aromatic rings. The third kappa shape index (κ3) is 4.69. The number of carbonyl (C=O) groups is 2. The van der Waals surface area contributed by atoms with Crippen molar-refractivity contribution in [3.8, 4) is 0 Å². The second-order valence-corrected chi connectivity index (χ2v) is 6.15. The lowest BCUT2D eigenvalue weighted by Gasteiger charge is -2.25. The van der Waals surface area contributed by atoms with Crippen molar-refractivity contribution in [2.24, 2.45) is 5.92 Å². The molecule has 0 saturated heterocycles. The number of methoxy groups -OCH3 is 1. The van der Waals surface area contributed by atoms with Crippen LogP contribution < -0.4 is 5.32 Å². The maximum Gasteiger partial charge on any atom is 0.328 e. The normalized spacial score (nSPS) is 13.1. The molecule has 0 radical (unpaired) electrons. The lowest BCUT2D eigenvalue weighted by atomic mass is 9.89. The minimum atomic E-state index is -0.655. The Morgan fingerprint density at radius 2 is 1.44 bits per heavy atom.